The third-order valence-electron chi connectivity index (χ3n) is 2.33. The molecule has 0 aromatic rings. The Bertz CT molecular complexity index is 166. The van der Waals surface area contributed by atoms with Crippen molar-refractivity contribution in [3.63, 3.8) is 0 Å². The number of hydrogen-bond donors (Lipinski definition) is 1. The van der Waals surface area contributed by atoms with Crippen LogP contribution in [0.2, 0.25) is 0 Å². The Labute approximate surface area is 59.0 Å². The fourth-order valence-corrected chi connectivity index (χ4v) is 1.79. The monoisotopic (exact) mass is 142 g/mol. The Balaban J connectivity index is 2.12. The van der Waals surface area contributed by atoms with E-state index in [0.29, 0.717) is 12.8 Å². The van der Waals surface area contributed by atoms with E-state index in [-0.39, 0.29) is 30.5 Å². The SMILES string of the molecule is O=C1CO[C@@H]2C[C@H](O)C[C@H]12. The molecule has 1 N–H and O–H groups in total. The average molecular weight is 142 g/mol. The van der Waals surface area contributed by atoms with Gasteiger partial charge in [-0.2, -0.15) is 0 Å². The quantitative estimate of drug-likeness (QED) is 0.506. The van der Waals surface area contributed by atoms with E-state index < -0.39 is 0 Å². The first-order valence-corrected chi connectivity index (χ1v) is 3.60. The van der Waals surface area contributed by atoms with Crippen molar-refractivity contribution in [1.82, 2.24) is 0 Å². The van der Waals surface area contributed by atoms with Gasteiger partial charge in [-0.3, -0.25) is 4.79 Å². The third kappa shape index (κ3) is 0.777. The van der Waals surface area contributed by atoms with Gasteiger partial charge in [0.2, 0.25) is 0 Å². The molecule has 0 unspecified atom stereocenters. The summed E-state index contributed by atoms with van der Waals surface area (Å²) in [6.07, 6.45) is 0.988. The number of ether oxygens (including phenoxy) is 1. The van der Waals surface area contributed by atoms with Crippen molar-refractivity contribution in [3.05, 3.63) is 0 Å². The molecular weight excluding hydrogens is 132 g/mol. The molecule has 3 heteroatoms. The molecule has 0 bridgehead atoms. The van der Waals surface area contributed by atoms with Crippen molar-refractivity contribution in [1.29, 1.82) is 0 Å². The smallest absolute Gasteiger partial charge is 0.164 e. The van der Waals surface area contributed by atoms with Gasteiger partial charge in [-0.15, -0.1) is 0 Å². The van der Waals surface area contributed by atoms with Gasteiger partial charge < -0.3 is 9.84 Å². The molecule has 1 aliphatic heterocycles. The van der Waals surface area contributed by atoms with E-state index in [2.05, 4.69) is 0 Å². The number of aliphatic hydroxyl groups excluding tert-OH is 1. The minimum absolute atomic E-state index is 0.00926. The fraction of sp³-hybridized carbons (Fsp3) is 0.857. The molecule has 2 rings (SSSR count). The molecule has 1 aliphatic carbocycles. The van der Waals surface area contributed by atoms with Gasteiger partial charge in [0.15, 0.2) is 5.78 Å². The zero-order chi connectivity index (χ0) is 7.14. The standard InChI is InChI=1S/C7H10O3/c8-4-1-5-6(9)3-10-7(5)2-4/h4-5,7-8H,1-3H2/t4-,5-,7-/m1/s1. The lowest BCUT2D eigenvalue weighted by atomic mass is 10.0. The lowest BCUT2D eigenvalue weighted by molar-refractivity contribution is -0.120. The highest BCUT2D eigenvalue weighted by molar-refractivity contribution is 5.84. The second-order valence-corrected chi connectivity index (χ2v) is 3.05. The molecular formula is C7H10O3. The first-order chi connectivity index (χ1) is 4.77. The van der Waals surface area contributed by atoms with Gasteiger partial charge in [-0.1, -0.05) is 0 Å². The maximum Gasteiger partial charge on any atom is 0.164 e. The van der Waals surface area contributed by atoms with Gasteiger partial charge >= 0.3 is 0 Å². The van der Waals surface area contributed by atoms with Gasteiger partial charge in [0.1, 0.15) is 6.61 Å². The van der Waals surface area contributed by atoms with Crippen LogP contribution in [0.25, 0.3) is 0 Å². The highest BCUT2D eigenvalue weighted by atomic mass is 16.5. The van der Waals surface area contributed by atoms with Crippen molar-refractivity contribution < 1.29 is 14.6 Å². The molecule has 0 aromatic carbocycles. The summed E-state index contributed by atoms with van der Waals surface area (Å²) in [6.45, 7) is 0.266. The van der Waals surface area contributed by atoms with Crippen LogP contribution < -0.4 is 0 Å². The minimum Gasteiger partial charge on any atom is -0.393 e. The highest BCUT2D eigenvalue weighted by Gasteiger charge is 2.43. The number of aliphatic hydroxyl groups is 1. The zero-order valence-electron chi connectivity index (χ0n) is 5.62. The van der Waals surface area contributed by atoms with Gasteiger partial charge in [0.25, 0.3) is 0 Å². The maximum absolute atomic E-state index is 11.0. The van der Waals surface area contributed by atoms with Crippen LogP contribution in [0.15, 0.2) is 0 Å². The average Bonchev–Trinajstić information content (AvgIpc) is 2.35. The summed E-state index contributed by atoms with van der Waals surface area (Å²) in [4.78, 5) is 11.0. The number of fused-ring (bicyclic) bond motifs is 1. The molecule has 3 nitrogen and oxygen atoms in total. The van der Waals surface area contributed by atoms with Gasteiger partial charge in [0, 0.05) is 12.3 Å². The van der Waals surface area contributed by atoms with Crippen LogP contribution in [0.3, 0.4) is 0 Å². The number of carbonyl (C=O) groups excluding carboxylic acids is 1. The van der Waals surface area contributed by atoms with Crippen molar-refractivity contribution in [3.8, 4) is 0 Å². The lowest BCUT2D eigenvalue weighted by Gasteiger charge is -2.02. The van der Waals surface area contributed by atoms with Crippen molar-refractivity contribution in [2.24, 2.45) is 5.92 Å². The summed E-state index contributed by atoms with van der Waals surface area (Å²) in [5.41, 5.74) is 0. The summed E-state index contributed by atoms with van der Waals surface area (Å²) < 4.78 is 5.15. The van der Waals surface area contributed by atoms with E-state index in [1.54, 1.807) is 0 Å². The van der Waals surface area contributed by atoms with E-state index in [1.807, 2.05) is 0 Å². The molecule has 56 valence electrons. The van der Waals surface area contributed by atoms with Crippen molar-refractivity contribution in [2.45, 2.75) is 25.0 Å². The molecule has 1 heterocycles. The number of Topliss-reactive ketones (excluding diaryl/α,β-unsaturated/α-hetero) is 1. The van der Waals surface area contributed by atoms with Crippen LogP contribution in [-0.4, -0.2) is 29.7 Å². The van der Waals surface area contributed by atoms with Crippen molar-refractivity contribution >= 4 is 5.78 Å². The summed E-state index contributed by atoms with van der Waals surface area (Å²) in [7, 11) is 0. The predicted octanol–water partition coefficient (Wildman–Crippen LogP) is -0.275. The molecule has 0 aromatic heterocycles. The van der Waals surface area contributed by atoms with Crippen LogP contribution in [0.5, 0.6) is 0 Å². The second kappa shape index (κ2) is 2.04. The van der Waals surface area contributed by atoms with Crippen LogP contribution >= 0.6 is 0 Å². The number of ketones is 1. The Hall–Kier alpha value is -0.410. The van der Waals surface area contributed by atoms with Gasteiger partial charge in [-0.25, -0.2) is 0 Å². The summed E-state index contributed by atoms with van der Waals surface area (Å²) >= 11 is 0. The fourth-order valence-electron chi connectivity index (χ4n) is 1.79. The maximum atomic E-state index is 11.0. The van der Waals surface area contributed by atoms with E-state index >= 15 is 0 Å². The summed E-state index contributed by atoms with van der Waals surface area (Å²) in [5, 5.41) is 9.12. The topological polar surface area (TPSA) is 46.5 Å². The minimum atomic E-state index is -0.306. The van der Waals surface area contributed by atoms with E-state index in [0.717, 1.165) is 0 Å². The first kappa shape index (κ1) is 6.31. The summed E-state index contributed by atoms with van der Waals surface area (Å²) in [5.74, 6) is 0.177. The van der Waals surface area contributed by atoms with Gasteiger partial charge in [-0.05, 0) is 6.42 Å². The van der Waals surface area contributed by atoms with Crippen molar-refractivity contribution in [2.75, 3.05) is 6.61 Å². The molecule has 0 radical (unpaired) electrons. The van der Waals surface area contributed by atoms with Crippen LogP contribution in [0, 0.1) is 5.92 Å². The predicted molar refractivity (Wildman–Crippen MR) is 33.5 cm³/mol. The van der Waals surface area contributed by atoms with E-state index in [9.17, 15) is 4.79 Å². The summed E-state index contributed by atoms with van der Waals surface area (Å²) in [6, 6.07) is 0. The lowest BCUT2D eigenvalue weighted by Crippen LogP contribution is -2.12. The molecule has 2 fully saturated rings. The van der Waals surface area contributed by atoms with Crippen LogP contribution in [0.4, 0.5) is 0 Å². The zero-order valence-corrected chi connectivity index (χ0v) is 5.62. The molecule has 0 amide bonds. The molecule has 0 spiro atoms. The van der Waals surface area contributed by atoms with Crippen LogP contribution in [0.1, 0.15) is 12.8 Å². The largest absolute Gasteiger partial charge is 0.393 e. The highest BCUT2D eigenvalue weighted by Crippen LogP contribution is 2.33. The molecule has 1 saturated carbocycles. The molecule has 2 aliphatic rings. The molecule has 3 atom stereocenters. The molecule has 10 heavy (non-hydrogen) atoms. The Morgan fingerprint density at radius 1 is 1.50 bits per heavy atom. The van der Waals surface area contributed by atoms with Gasteiger partial charge in [0.05, 0.1) is 12.2 Å². The van der Waals surface area contributed by atoms with Crippen LogP contribution in [-0.2, 0) is 9.53 Å². The Morgan fingerprint density at radius 2 is 2.30 bits per heavy atom. The number of rotatable bonds is 0. The van der Waals surface area contributed by atoms with E-state index in [4.69, 9.17) is 9.84 Å². The Morgan fingerprint density at radius 3 is 3.00 bits per heavy atom. The van der Waals surface area contributed by atoms with E-state index in [1.165, 1.54) is 0 Å². The normalized spacial score (nSPS) is 46.1. The third-order valence-corrected chi connectivity index (χ3v) is 2.33. The second-order valence-electron chi connectivity index (χ2n) is 3.05. The molecule has 1 saturated heterocycles. The Kier molecular flexibility index (Phi) is 1.28. The number of carbonyl (C=O) groups is 1. The first-order valence-electron chi connectivity index (χ1n) is 3.60. The number of hydrogen-bond acceptors (Lipinski definition) is 3.